The number of fused-ring (bicyclic) bond motifs is 1. The monoisotopic (exact) mass is 431 g/mol. The number of aromatic nitrogens is 1. The van der Waals surface area contributed by atoms with Gasteiger partial charge >= 0.3 is 0 Å². The molecule has 156 valence electrons. The van der Waals surface area contributed by atoms with Gasteiger partial charge in [0.15, 0.2) is 0 Å². The van der Waals surface area contributed by atoms with Gasteiger partial charge in [-0.25, -0.2) is 0 Å². The van der Waals surface area contributed by atoms with Crippen LogP contribution in [0.5, 0.6) is 0 Å². The van der Waals surface area contributed by atoms with Crippen molar-refractivity contribution >= 4 is 34.3 Å². The molecule has 0 saturated heterocycles. The van der Waals surface area contributed by atoms with Gasteiger partial charge < -0.3 is 15.6 Å². The van der Waals surface area contributed by atoms with Gasteiger partial charge in [-0.1, -0.05) is 66.2 Å². The summed E-state index contributed by atoms with van der Waals surface area (Å²) in [5.74, 6) is -0.685. The average Bonchev–Trinajstić information content (AvgIpc) is 3.23. The Morgan fingerprint density at radius 3 is 2.35 bits per heavy atom. The van der Waals surface area contributed by atoms with Crippen molar-refractivity contribution in [3.63, 3.8) is 0 Å². The van der Waals surface area contributed by atoms with Gasteiger partial charge in [0.2, 0.25) is 5.91 Å². The SMILES string of the molecule is O=C(CNC(=O)c1ccccc1)NCC(c1ccccc1Cl)c1c[nH]c2ccccc12. The maximum atomic E-state index is 12.5. The number of halogens is 1. The van der Waals surface area contributed by atoms with E-state index in [2.05, 4.69) is 15.6 Å². The quantitative estimate of drug-likeness (QED) is 0.403. The number of benzene rings is 3. The Balaban J connectivity index is 1.49. The molecule has 0 spiro atoms. The lowest BCUT2D eigenvalue weighted by atomic mass is 9.90. The smallest absolute Gasteiger partial charge is 0.251 e. The van der Waals surface area contributed by atoms with Gasteiger partial charge in [0.1, 0.15) is 0 Å². The molecule has 3 N–H and O–H groups in total. The number of para-hydroxylation sites is 1. The van der Waals surface area contributed by atoms with Crippen molar-refractivity contribution < 1.29 is 9.59 Å². The van der Waals surface area contributed by atoms with E-state index in [-0.39, 0.29) is 24.3 Å². The summed E-state index contributed by atoms with van der Waals surface area (Å²) in [4.78, 5) is 27.9. The van der Waals surface area contributed by atoms with Crippen LogP contribution in [0.15, 0.2) is 85.1 Å². The van der Waals surface area contributed by atoms with E-state index in [4.69, 9.17) is 11.6 Å². The molecule has 1 atom stereocenters. The summed E-state index contributed by atoms with van der Waals surface area (Å²) in [5, 5.41) is 7.32. The molecule has 1 aromatic heterocycles. The lowest BCUT2D eigenvalue weighted by Crippen LogP contribution is -2.38. The third-order valence-electron chi connectivity index (χ3n) is 5.23. The van der Waals surface area contributed by atoms with E-state index in [1.807, 2.05) is 60.8 Å². The van der Waals surface area contributed by atoms with Crippen LogP contribution in [0.2, 0.25) is 5.02 Å². The van der Waals surface area contributed by atoms with Crippen LogP contribution in [0.25, 0.3) is 10.9 Å². The molecule has 6 heteroatoms. The molecule has 4 rings (SSSR count). The Morgan fingerprint density at radius 2 is 1.55 bits per heavy atom. The van der Waals surface area contributed by atoms with Crippen molar-refractivity contribution in [2.24, 2.45) is 0 Å². The maximum Gasteiger partial charge on any atom is 0.251 e. The average molecular weight is 432 g/mol. The number of hydrogen-bond donors (Lipinski definition) is 3. The minimum atomic E-state index is -0.282. The second kappa shape index (κ2) is 9.49. The first kappa shape index (κ1) is 20.7. The zero-order valence-corrected chi connectivity index (χ0v) is 17.5. The fraction of sp³-hybridized carbons (Fsp3) is 0.120. The molecule has 0 aliphatic rings. The van der Waals surface area contributed by atoms with Crippen LogP contribution in [0.4, 0.5) is 0 Å². The zero-order valence-electron chi connectivity index (χ0n) is 16.8. The topological polar surface area (TPSA) is 74.0 Å². The van der Waals surface area contributed by atoms with Crippen molar-refractivity contribution in [1.29, 1.82) is 0 Å². The van der Waals surface area contributed by atoms with E-state index in [9.17, 15) is 9.59 Å². The summed E-state index contributed by atoms with van der Waals surface area (Å²) < 4.78 is 0. The first-order valence-corrected chi connectivity index (χ1v) is 10.4. The molecule has 0 bridgehead atoms. The minimum Gasteiger partial charge on any atom is -0.361 e. The number of rotatable bonds is 7. The van der Waals surface area contributed by atoms with Crippen molar-refractivity contribution in [2.75, 3.05) is 13.1 Å². The van der Waals surface area contributed by atoms with E-state index in [0.717, 1.165) is 22.0 Å². The summed E-state index contributed by atoms with van der Waals surface area (Å²) >= 11 is 6.49. The van der Waals surface area contributed by atoms with Crippen LogP contribution in [-0.4, -0.2) is 29.9 Å². The van der Waals surface area contributed by atoms with Crippen molar-refractivity contribution in [3.05, 3.63) is 107 Å². The van der Waals surface area contributed by atoms with Gasteiger partial charge in [-0.15, -0.1) is 0 Å². The van der Waals surface area contributed by atoms with E-state index in [1.165, 1.54) is 0 Å². The summed E-state index contributed by atoms with van der Waals surface area (Å²) in [6, 6.07) is 24.5. The number of nitrogens with one attached hydrogen (secondary N) is 3. The molecule has 3 aromatic carbocycles. The molecule has 4 aromatic rings. The van der Waals surface area contributed by atoms with Gasteiger partial charge in [0.05, 0.1) is 6.54 Å². The number of carbonyl (C=O) groups is 2. The molecule has 31 heavy (non-hydrogen) atoms. The second-order valence-corrected chi connectivity index (χ2v) is 7.62. The summed E-state index contributed by atoms with van der Waals surface area (Å²) in [6.07, 6.45) is 1.96. The molecule has 0 fully saturated rings. The largest absolute Gasteiger partial charge is 0.361 e. The predicted octanol–water partition coefficient (Wildman–Crippen LogP) is 4.50. The van der Waals surface area contributed by atoms with Crippen LogP contribution in [-0.2, 0) is 4.79 Å². The normalized spacial score (nSPS) is 11.8. The first-order valence-electron chi connectivity index (χ1n) is 10.0. The van der Waals surface area contributed by atoms with Gasteiger partial charge in [-0.2, -0.15) is 0 Å². The molecule has 1 unspecified atom stereocenters. The molecule has 2 amide bonds. The Bertz CT molecular complexity index is 1200. The predicted molar refractivity (Wildman–Crippen MR) is 123 cm³/mol. The lowest BCUT2D eigenvalue weighted by molar-refractivity contribution is -0.120. The molecule has 0 radical (unpaired) electrons. The molecule has 0 aliphatic carbocycles. The van der Waals surface area contributed by atoms with Crippen LogP contribution in [0.3, 0.4) is 0 Å². The minimum absolute atomic E-state index is 0.100. The molecular weight excluding hydrogens is 410 g/mol. The van der Waals surface area contributed by atoms with Crippen LogP contribution < -0.4 is 10.6 Å². The number of hydrogen-bond acceptors (Lipinski definition) is 2. The zero-order chi connectivity index (χ0) is 21.6. The van der Waals surface area contributed by atoms with Crippen LogP contribution in [0.1, 0.15) is 27.4 Å². The Labute approximate surface area is 185 Å². The third-order valence-corrected chi connectivity index (χ3v) is 5.57. The first-order chi connectivity index (χ1) is 15.1. The summed E-state index contributed by atoms with van der Waals surface area (Å²) in [6.45, 7) is 0.252. The van der Waals surface area contributed by atoms with E-state index < -0.39 is 0 Å². The van der Waals surface area contributed by atoms with Gasteiger partial charge in [0, 0.05) is 40.1 Å². The fourth-order valence-corrected chi connectivity index (χ4v) is 3.93. The molecular formula is C25H22ClN3O2. The highest BCUT2D eigenvalue weighted by Gasteiger charge is 2.21. The Hall–Kier alpha value is -3.57. The number of H-pyrrole nitrogens is 1. The maximum absolute atomic E-state index is 12.5. The number of carbonyl (C=O) groups excluding carboxylic acids is 2. The highest BCUT2D eigenvalue weighted by molar-refractivity contribution is 6.31. The number of aromatic amines is 1. The van der Waals surface area contributed by atoms with Crippen molar-refractivity contribution in [3.8, 4) is 0 Å². The van der Waals surface area contributed by atoms with Crippen molar-refractivity contribution in [1.82, 2.24) is 15.6 Å². The highest BCUT2D eigenvalue weighted by atomic mass is 35.5. The van der Waals surface area contributed by atoms with Gasteiger partial charge in [-0.3, -0.25) is 9.59 Å². The van der Waals surface area contributed by atoms with Gasteiger partial charge in [0.25, 0.3) is 5.91 Å². The second-order valence-electron chi connectivity index (χ2n) is 7.22. The van der Waals surface area contributed by atoms with E-state index >= 15 is 0 Å². The van der Waals surface area contributed by atoms with Crippen LogP contribution in [0, 0.1) is 0 Å². The Kier molecular flexibility index (Phi) is 6.34. The standard InChI is InChI=1S/C25H22ClN3O2/c26-22-12-6-4-10-18(22)20(21-14-27-23-13-7-5-11-19(21)23)15-28-24(30)16-29-25(31)17-8-2-1-3-9-17/h1-14,20,27H,15-16H2,(H,28,30)(H,29,31). The lowest BCUT2D eigenvalue weighted by Gasteiger charge is -2.19. The van der Waals surface area contributed by atoms with Crippen molar-refractivity contribution in [2.45, 2.75) is 5.92 Å². The van der Waals surface area contributed by atoms with Gasteiger partial charge in [-0.05, 0) is 35.4 Å². The number of amides is 2. The Morgan fingerprint density at radius 1 is 0.839 bits per heavy atom. The molecule has 1 heterocycles. The molecule has 5 nitrogen and oxygen atoms in total. The summed E-state index contributed by atoms with van der Waals surface area (Å²) in [7, 11) is 0. The van der Waals surface area contributed by atoms with E-state index in [0.29, 0.717) is 17.1 Å². The van der Waals surface area contributed by atoms with Crippen LogP contribution >= 0.6 is 11.6 Å². The third kappa shape index (κ3) is 4.78. The molecule has 0 saturated carbocycles. The summed E-state index contributed by atoms with van der Waals surface area (Å²) in [5.41, 5.74) is 3.53. The fourth-order valence-electron chi connectivity index (χ4n) is 3.66. The van der Waals surface area contributed by atoms with E-state index in [1.54, 1.807) is 24.3 Å². The highest BCUT2D eigenvalue weighted by Crippen LogP contribution is 2.34. The molecule has 0 aliphatic heterocycles.